The van der Waals surface area contributed by atoms with Crippen molar-refractivity contribution in [3.63, 3.8) is 0 Å². The molecule has 2 aliphatic heterocycles. The lowest BCUT2D eigenvalue weighted by Gasteiger charge is -2.37. The average molecular weight is 440 g/mol. The summed E-state index contributed by atoms with van der Waals surface area (Å²) >= 11 is 0. The Labute approximate surface area is 185 Å². The molecule has 10 nitrogen and oxygen atoms in total. The molecule has 3 atom stereocenters. The first-order valence-corrected chi connectivity index (χ1v) is 11.1. The molecule has 2 fully saturated rings. The summed E-state index contributed by atoms with van der Waals surface area (Å²) in [7, 11) is 0. The molecule has 3 N–H and O–H groups in total. The van der Waals surface area contributed by atoms with Gasteiger partial charge in [0.25, 0.3) is 0 Å². The standard InChI is InChI=1S/C22H29N7O3/c1-14-10-27(11-15(2)32-14)19-18(16-6-4-3-5-7-16)25-21(23)29-20(19)26-28(22(29)30)12-17-13-31-9-8-24-17/h3-7,14-15,17,24H,8-13H2,1-2H3,(H2,23,25). The van der Waals surface area contributed by atoms with E-state index in [0.29, 0.717) is 44.2 Å². The first-order valence-electron chi connectivity index (χ1n) is 11.1. The van der Waals surface area contributed by atoms with Crippen LogP contribution in [0.4, 0.5) is 11.6 Å². The molecule has 2 aromatic heterocycles. The van der Waals surface area contributed by atoms with E-state index in [1.165, 1.54) is 9.08 Å². The lowest BCUT2D eigenvalue weighted by Crippen LogP contribution is -2.46. The largest absolute Gasteiger partial charge is 0.378 e. The monoisotopic (exact) mass is 439 g/mol. The van der Waals surface area contributed by atoms with Crippen molar-refractivity contribution in [2.24, 2.45) is 0 Å². The Morgan fingerprint density at radius 1 is 1.19 bits per heavy atom. The molecule has 0 saturated carbocycles. The van der Waals surface area contributed by atoms with Crippen molar-refractivity contribution in [3.8, 4) is 11.3 Å². The second-order valence-electron chi connectivity index (χ2n) is 8.55. The maximum absolute atomic E-state index is 13.3. The maximum atomic E-state index is 13.3. The zero-order valence-corrected chi connectivity index (χ0v) is 18.4. The minimum Gasteiger partial charge on any atom is -0.378 e. The number of fused-ring (bicyclic) bond motifs is 1. The molecular formula is C22H29N7O3. The third-order valence-corrected chi connectivity index (χ3v) is 5.91. The minimum absolute atomic E-state index is 0.0148. The normalized spacial score (nSPS) is 24.2. The number of hydrogen-bond donors (Lipinski definition) is 2. The Morgan fingerprint density at radius 2 is 1.94 bits per heavy atom. The fourth-order valence-electron chi connectivity index (χ4n) is 4.60. The lowest BCUT2D eigenvalue weighted by molar-refractivity contribution is -0.00514. The summed E-state index contributed by atoms with van der Waals surface area (Å²) in [4.78, 5) is 20.2. The summed E-state index contributed by atoms with van der Waals surface area (Å²) in [5.41, 5.74) is 8.97. The number of nitrogen functional groups attached to an aromatic ring is 1. The second-order valence-corrected chi connectivity index (χ2v) is 8.55. The van der Waals surface area contributed by atoms with Gasteiger partial charge in [-0.3, -0.25) is 0 Å². The Hall–Kier alpha value is -2.95. The molecule has 1 aromatic carbocycles. The van der Waals surface area contributed by atoms with Crippen molar-refractivity contribution >= 4 is 17.3 Å². The molecule has 0 spiro atoms. The number of anilines is 2. The number of benzene rings is 1. The van der Waals surface area contributed by atoms with Crippen LogP contribution < -0.4 is 21.6 Å². The van der Waals surface area contributed by atoms with Gasteiger partial charge in [-0.2, -0.15) is 0 Å². The van der Waals surface area contributed by atoms with E-state index in [4.69, 9.17) is 20.3 Å². The fourth-order valence-corrected chi connectivity index (χ4v) is 4.60. The van der Waals surface area contributed by atoms with Crippen molar-refractivity contribution in [3.05, 3.63) is 40.8 Å². The Bertz CT molecular complexity index is 1140. The van der Waals surface area contributed by atoms with Gasteiger partial charge in [-0.25, -0.2) is 18.9 Å². The SMILES string of the molecule is CC1CN(c2c(-c3ccccc3)nc(N)n3c(=O)n(CC4COCCN4)nc23)CC(C)O1. The number of nitrogens with one attached hydrogen (secondary N) is 1. The van der Waals surface area contributed by atoms with Crippen LogP contribution in [0.25, 0.3) is 16.9 Å². The molecule has 3 aromatic rings. The van der Waals surface area contributed by atoms with Crippen molar-refractivity contribution in [2.75, 3.05) is 43.5 Å². The van der Waals surface area contributed by atoms with Crippen LogP contribution in [0, 0.1) is 0 Å². The van der Waals surface area contributed by atoms with Gasteiger partial charge in [0.05, 0.1) is 38.0 Å². The molecule has 0 radical (unpaired) electrons. The topological polar surface area (TPSA) is 112 Å². The maximum Gasteiger partial charge on any atom is 0.353 e. The van der Waals surface area contributed by atoms with E-state index < -0.39 is 0 Å². The van der Waals surface area contributed by atoms with E-state index in [-0.39, 0.29) is 29.9 Å². The highest BCUT2D eigenvalue weighted by Gasteiger charge is 2.30. The van der Waals surface area contributed by atoms with E-state index in [2.05, 4.69) is 15.2 Å². The number of nitrogens with zero attached hydrogens (tertiary/aromatic N) is 5. The quantitative estimate of drug-likeness (QED) is 0.612. The predicted octanol–water partition coefficient (Wildman–Crippen LogP) is 0.742. The van der Waals surface area contributed by atoms with E-state index >= 15 is 0 Å². The van der Waals surface area contributed by atoms with Crippen LogP contribution in [0.3, 0.4) is 0 Å². The highest BCUT2D eigenvalue weighted by molar-refractivity contribution is 5.86. The summed E-state index contributed by atoms with van der Waals surface area (Å²) < 4.78 is 14.4. The van der Waals surface area contributed by atoms with Crippen molar-refractivity contribution in [2.45, 2.75) is 38.6 Å². The summed E-state index contributed by atoms with van der Waals surface area (Å²) in [6.07, 6.45) is 0.0785. The summed E-state index contributed by atoms with van der Waals surface area (Å²) in [5.74, 6) is 0.126. The number of aromatic nitrogens is 4. The smallest absolute Gasteiger partial charge is 0.353 e. The van der Waals surface area contributed by atoms with Crippen LogP contribution in [0.15, 0.2) is 35.1 Å². The number of hydrogen-bond acceptors (Lipinski definition) is 8. The van der Waals surface area contributed by atoms with Gasteiger partial charge in [0, 0.05) is 25.2 Å². The number of ether oxygens (including phenoxy) is 2. The lowest BCUT2D eigenvalue weighted by atomic mass is 10.1. The molecule has 3 unspecified atom stereocenters. The van der Waals surface area contributed by atoms with Gasteiger partial charge in [0.2, 0.25) is 5.95 Å². The van der Waals surface area contributed by atoms with Gasteiger partial charge in [0.1, 0.15) is 11.4 Å². The van der Waals surface area contributed by atoms with Crippen LogP contribution in [-0.4, -0.2) is 70.3 Å². The van der Waals surface area contributed by atoms with Gasteiger partial charge in [-0.1, -0.05) is 30.3 Å². The van der Waals surface area contributed by atoms with E-state index in [0.717, 1.165) is 17.8 Å². The van der Waals surface area contributed by atoms with Gasteiger partial charge in [-0.15, -0.1) is 5.10 Å². The van der Waals surface area contributed by atoms with Gasteiger partial charge < -0.3 is 25.4 Å². The van der Waals surface area contributed by atoms with Crippen molar-refractivity contribution in [1.29, 1.82) is 0 Å². The molecule has 10 heteroatoms. The Morgan fingerprint density at radius 3 is 2.62 bits per heavy atom. The van der Waals surface area contributed by atoms with Gasteiger partial charge in [0.15, 0.2) is 5.65 Å². The summed E-state index contributed by atoms with van der Waals surface area (Å²) in [6, 6.07) is 9.89. The number of morpholine rings is 2. The van der Waals surface area contributed by atoms with Crippen LogP contribution in [0.5, 0.6) is 0 Å². The minimum atomic E-state index is -0.299. The third-order valence-electron chi connectivity index (χ3n) is 5.91. The molecule has 0 aliphatic carbocycles. The van der Waals surface area contributed by atoms with Crippen LogP contribution >= 0.6 is 0 Å². The van der Waals surface area contributed by atoms with Crippen LogP contribution in [0.2, 0.25) is 0 Å². The predicted molar refractivity (Wildman–Crippen MR) is 122 cm³/mol. The van der Waals surface area contributed by atoms with Crippen LogP contribution in [0.1, 0.15) is 13.8 Å². The molecule has 0 bridgehead atoms. The summed E-state index contributed by atoms with van der Waals surface area (Å²) in [6.45, 7) is 7.80. The fraction of sp³-hybridized carbons (Fsp3) is 0.500. The highest BCUT2D eigenvalue weighted by atomic mass is 16.5. The molecule has 4 heterocycles. The molecule has 5 rings (SSSR count). The Balaban J connectivity index is 1.68. The third kappa shape index (κ3) is 3.85. The molecule has 0 amide bonds. The summed E-state index contributed by atoms with van der Waals surface area (Å²) in [5, 5.41) is 8.12. The average Bonchev–Trinajstić information content (AvgIpc) is 3.10. The molecule has 32 heavy (non-hydrogen) atoms. The zero-order chi connectivity index (χ0) is 22.2. The van der Waals surface area contributed by atoms with Gasteiger partial charge in [-0.05, 0) is 13.8 Å². The number of rotatable bonds is 4. The molecule has 2 aliphatic rings. The van der Waals surface area contributed by atoms with E-state index in [1.807, 2.05) is 44.2 Å². The second kappa shape index (κ2) is 8.53. The molecular weight excluding hydrogens is 410 g/mol. The van der Waals surface area contributed by atoms with E-state index in [9.17, 15) is 4.79 Å². The zero-order valence-electron chi connectivity index (χ0n) is 18.4. The van der Waals surface area contributed by atoms with Crippen molar-refractivity contribution < 1.29 is 9.47 Å². The first-order chi connectivity index (χ1) is 15.5. The Kier molecular flexibility index (Phi) is 5.58. The first kappa shape index (κ1) is 20.9. The molecule has 2 saturated heterocycles. The van der Waals surface area contributed by atoms with Gasteiger partial charge >= 0.3 is 5.69 Å². The highest BCUT2D eigenvalue weighted by Crippen LogP contribution is 2.34. The number of nitrogens with two attached hydrogens (primary N) is 1. The van der Waals surface area contributed by atoms with Crippen molar-refractivity contribution in [1.82, 2.24) is 24.5 Å². The van der Waals surface area contributed by atoms with Crippen LogP contribution in [-0.2, 0) is 16.0 Å². The molecule has 170 valence electrons. The van der Waals surface area contributed by atoms with E-state index in [1.54, 1.807) is 0 Å².